The Labute approximate surface area is 142 Å². The highest BCUT2D eigenvalue weighted by Gasteiger charge is 2.27. The fourth-order valence-corrected chi connectivity index (χ4v) is 3.11. The summed E-state index contributed by atoms with van der Waals surface area (Å²) in [5, 5.41) is 13.1. The van der Waals surface area contributed by atoms with E-state index in [9.17, 15) is 9.90 Å². The molecule has 1 aliphatic rings. The van der Waals surface area contributed by atoms with Gasteiger partial charge in [0.15, 0.2) is 6.10 Å². The molecule has 2 N–H and O–H groups in total. The van der Waals surface area contributed by atoms with Gasteiger partial charge in [-0.05, 0) is 30.0 Å². The summed E-state index contributed by atoms with van der Waals surface area (Å²) in [4.78, 5) is 12.5. The van der Waals surface area contributed by atoms with Crippen molar-refractivity contribution < 1.29 is 14.6 Å². The highest BCUT2D eigenvalue weighted by molar-refractivity contribution is 5.70. The predicted octanol–water partition coefficient (Wildman–Crippen LogP) is 2.68. The Morgan fingerprint density at radius 3 is 2.21 bits per heavy atom. The Kier molecular flexibility index (Phi) is 5.62. The minimum atomic E-state index is -0.488. The number of nitrogens with one attached hydrogen (secondary N) is 1. The Bertz CT molecular complexity index is 605. The summed E-state index contributed by atoms with van der Waals surface area (Å²) in [6, 6.07) is 19.5. The second kappa shape index (κ2) is 8.08. The van der Waals surface area contributed by atoms with E-state index in [2.05, 4.69) is 5.32 Å². The topological polar surface area (TPSA) is 58.6 Å². The second-order valence-electron chi connectivity index (χ2n) is 6.22. The average molecular weight is 325 g/mol. The number of carbonyl (C=O) groups is 1. The van der Waals surface area contributed by atoms with Gasteiger partial charge in [-0.25, -0.2) is 0 Å². The van der Waals surface area contributed by atoms with Crippen molar-refractivity contribution in [1.82, 2.24) is 5.32 Å². The van der Waals surface area contributed by atoms with Crippen LogP contribution in [-0.2, 0) is 9.53 Å². The lowest BCUT2D eigenvalue weighted by Gasteiger charge is -2.28. The maximum atomic E-state index is 12.5. The van der Waals surface area contributed by atoms with Crippen LogP contribution in [0, 0.1) is 5.92 Å². The van der Waals surface area contributed by atoms with Crippen LogP contribution in [0.15, 0.2) is 60.7 Å². The van der Waals surface area contributed by atoms with Gasteiger partial charge in [0, 0.05) is 6.54 Å². The van der Waals surface area contributed by atoms with Gasteiger partial charge in [-0.2, -0.15) is 0 Å². The van der Waals surface area contributed by atoms with Crippen molar-refractivity contribution in [3.63, 3.8) is 0 Å². The molecule has 4 nitrogen and oxygen atoms in total. The van der Waals surface area contributed by atoms with E-state index in [0.717, 1.165) is 24.1 Å². The average Bonchev–Trinajstić information content (AvgIpc) is 2.63. The van der Waals surface area contributed by atoms with Crippen LogP contribution < -0.4 is 5.32 Å². The molecule has 126 valence electrons. The number of esters is 1. The number of carbonyl (C=O) groups excluding carboxylic acids is 1. The first kappa shape index (κ1) is 16.7. The second-order valence-corrected chi connectivity index (χ2v) is 6.22. The molecule has 0 bridgehead atoms. The lowest BCUT2D eigenvalue weighted by molar-refractivity contribution is -0.150. The Hall–Kier alpha value is -2.17. The van der Waals surface area contributed by atoms with Gasteiger partial charge in [0.2, 0.25) is 0 Å². The quantitative estimate of drug-likeness (QED) is 0.830. The third kappa shape index (κ3) is 4.22. The monoisotopic (exact) mass is 325 g/mol. The minimum absolute atomic E-state index is 0.0362. The fourth-order valence-electron chi connectivity index (χ4n) is 3.11. The van der Waals surface area contributed by atoms with Crippen molar-refractivity contribution in [2.45, 2.75) is 25.0 Å². The summed E-state index contributed by atoms with van der Waals surface area (Å²) in [6.45, 7) is 1.37. The van der Waals surface area contributed by atoms with E-state index in [1.54, 1.807) is 0 Å². The molecule has 0 spiro atoms. The number of ether oxygens (including phenoxy) is 1. The number of aliphatic hydroxyl groups excluding tert-OH is 1. The molecule has 3 rings (SSSR count). The first-order valence-corrected chi connectivity index (χ1v) is 8.42. The summed E-state index contributed by atoms with van der Waals surface area (Å²) in [5.74, 6) is -0.301. The van der Waals surface area contributed by atoms with Crippen LogP contribution in [0.1, 0.15) is 30.1 Å². The number of aliphatic hydroxyl groups is 1. The Balaban J connectivity index is 1.73. The van der Waals surface area contributed by atoms with Crippen LogP contribution in [0.25, 0.3) is 0 Å². The van der Waals surface area contributed by atoms with Gasteiger partial charge < -0.3 is 15.2 Å². The molecule has 0 aromatic heterocycles. The molecule has 0 amide bonds. The van der Waals surface area contributed by atoms with Gasteiger partial charge >= 0.3 is 5.97 Å². The first-order valence-electron chi connectivity index (χ1n) is 8.42. The fraction of sp³-hybridized carbons (Fsp3) is 0.350. The molecule has 1 saturated heterocycles. The van der Waals surface area contributed by atoms with Crippen molar-refractivity contribution in [3.05, 3.63) is 71.8 Å². The smallest absolute Gasteiger partial charge is 0.307 e. The summed E-state index contributed by atoms with van der Waals surface area (Å²) < 4.78 is 5.80. The molecule has 1 fully saturated rings. The summed E-state index contributed by atoms with van der Waals surface area (Å²) >= 11 is 0. The van der Waals surface area contributed by atoms with E-state index in [1.165, 1.54) is 0 Å². The molecule has 4 heteroatoms. The maximum Gasteiger partial charge on any atom is 0.307 e. The molecule has 1 aliphatic heterocycles. The molecule has 2 aromatic rings. The van der Waals surface area contributed by atoms with Crippen molar-refractivity contribution in [2.75, 3.05) is 13.1 Å². The highest BCUT2D eigenvalue weighted by atomic mass is 16.5. The molecular formula is C20H23NO3. The van der Waals surface area contributed by atoms with Crippen molar-refractivity contribution >= 4 is 5.97 Å². The van der Waals surface area contributed by atoms with Crippen LogP contribution in [0.2, 0.25) is 0 Å². The third-order valence-corrected chi connectivity index (χ3v) is 4.47. The van der Waals surface area contributed by atoms with Crippen LogP contribution in [0.3, 0.4) is 0 Å². The lowest BCUT2D eigenvalue weighted by atomic mass is 9.92. The van der Waals surface area contributed by atoms with Crippen LogP contribution >= 0.6 is 0 Å². The van der Waals surface area contributed by atoms with E-state index in [1.807, 2.05) is 60.7 Å². The van der Waals surface area contributed by atoms with Crippen molar-refractivity contribution in [1.29, 1.82) is 0 Å². The van der Waals surface area contributed by atoms with Gasteiger partial charge in [0.25, 0.3) is 0 Å². The number of hydrogen-bond donors (Lipinski definition) is 2. The van der Waals surface area contributed by atoms with E-state index in [0.29, 0.717) is 6.54 Å². The molecule has 1 heterocycles. The van der Waals surface area contributed by atoms with Gasteiger partial charge in [0.1, 0.15) is 0 Å². The van der Waals surface area contributed by atoms with E-state index < -0.39 is 12.2 Å². The normalized spacial score (nSPS) is 20.8. The zero-order valence-corrected chi connectivity index (χ0v) is 13.6. The van der Waals surface area contributed by atoms with Crippen LogP contribution in [0.4, 0.5) is 0 Å². The maximum absolute atomic E-state index is 12.5. The van der Waals surface area contributed by atoms with Gasteiger partial charge in [0.05, 0.1) is 12.5 Å². The summed E-state index contributed by atoms with van der Waals surface area (Å²) in [5.41, 5.74) is 1.89. The zero-order chi connectivity index (χ0) is 16.8. The van der Waals surface area contributed by atoms with Crippen molar-refractivity contribution in [2.24, 2.45) is 5.92 Å². The van der Waals surface area contributed by atoms with Gasteiger partial charge in [-0.3, -0.25) is 4.79 Å². The van der Waals surface area contributed by atoms with Crippen LogP contribution in [-0.4, -0.2) is 30.3 Å². The van der Waals surface area contributed by atoms with Crippen LogP contribution in [0.5, 0.6) is 0 Å². The van der Waals surface area contributed by atoms with Gasteiger partial charge in [-0.1, -0.05) is 60.7 Å². The minimum Gasteiger partial charge on any atom is -0.453 e. The standard InChI is InChI=1S/C20H23NO3/c22-18-14-21-12-11-17(18)13-19(23)24-20(15-7-3-1-4-8-15)16-9-5-2-6-10-16/h1-10,17-18,20-22H,11-14H2/t17-,18+/m1/s1. The number of piperidine rings is 1. The zero-order valence-electron chi connectivity index (χ0n) is 13.6. The largest absolute Gasteiger partial charge is 0.453 e. The molecule has 0 aliphatic carbocycles. The number of benzene rings is 2. The molecular weight excluding hydrogens is 302 g/mol. The molecule has 0 radical (unpaired) electrons. The molecule has 24 heavy (non-hydrogen) atoms. The Morgan fingerprint density at radius 1 is 1.08 bits per heavy atom. The third-order valence-electron chi connectivity index (χ3n) is 4.47. The number of rotatable bonds is 5. The van der Waals surface area contributed by atoms with Crippen molar-refractivity contribution in [3.8, 4) is 0 Å². The molecule has 2 atom stereocenters. The Morgan fingerprint density at radius 2 is 1.67 bits per heavy atom. The number of β-amino-alcohol motifs (C(OH)–C–C–N with tert-alkyl or cyclic N) is 1. The van der Waals surface area contributed by atoms with E-state index in [4.69, 9.17) is 4.74 Å². The predicted molar refractivity (Wildman–Crippen MR) is 92.4 cm³/mol. The molecule has 2 aromatic carbocycles. The molecule has 0 unspecified atom stereocenters. The summed E-state index contributed by atoms with van der Waals surface area (Å²) in [7, 11) is 0. The van der Waals surface area contributed by atoms with E-state index in [-0.39, 0.29) is 18.3 Å². The van der Waals surface area contributed by atoms with E-state index >= 15 is 0 Å². The lowest BCUT2D eigenvalue weighted by Crippen LogP contribution is -2.41. The molecule has 0 saturated carbocycles. The van der Waals surface area contributed by atoms with Gasteiger partial charge in [-0.15, -0.1) is 0 Å². The SMILES string of the molecule is O=C(C[C@H]1CCNC[C@@H]1O)OC(c1ccccc1)c1ccccc1. The highest BCUT2D eigenvalue weighted by Crippen LogP contribution is 2.27. The summed E-state index contributed by atoms with van der Waals surface area (Å²) in [6.07, 6.45) is 0.133. The first-order chi connectivity index (χ1) is 11.7. The number of hydrogen-bond acceptors (Lipinski definition) is 4.